The van der Waals surface area contributed by atoms with Gasteiger partial charge in [0.1, 0.15) is 0 Å². The van der Waals surface area contributed by atoms with E-state index < -0.39 is 0 Å². The van der Waals surface area contributed by atoms with E-state index in [0.717, 1.165) is 29.4 Å². The first-order valence-electron chi connectivity index (χ1n) is 7.37. The van der Waals surface area contributed by atoms with Crippen molar-refractivity contribution in [3.63, 3.8) is 0 Å². The quantitative estimate of drug-likeness (QED) is 0.885. The molecule has 2 N–H and O–H groups in total. The first-order valence-corrected chi connectivity index (χ1v) is 8.17. The lowest BCUT2D eigenvalue weighted by Crippen LogP contribution is -2.29. The van der Waals surface area contributed by atoms with E-state index in [1.165, 1.54) is 11.1 Å². The fraction of sp³-hybridized carbons (Fsp3) is 0.353. The first kappa shape index (κ1) is 14.5. The highest BCUT2D eigenvalue weighted by atomic mass is 79.9. The molecule has 1 aromatic heterocycles. The summed E-state index contributed by atoms with van der Waals surface area (Å²) in [6, 6.07) is 12.4. The lowest BCUT2D eigenvalue weighted by Gasteiger charge is -2.29. The van der Waals surface area contributed by atoms with Gasteiger partial charge in [-0.15, -0.1) is 0 Å². The Bertz CT molecular complexity index is 695. The lowest BCUT2D eigenvalue weighted by molar-refractivity contribution is 0.411. The molecule has 0 aliphatic heterocycles. The van der Waals surface area contributed by atoms with Gasteiger partial charge in [0.05, 0.1) is 0 Å². The van der Waals surface area contributed by atoms with Crippen molar-refractivity contribution in [1.82, 2.24) is 10.3 Å². The second-order valence-corrected chi connectivity index (χ2v) is 6.47. The number of halogens is 1. The van der Waals surface area contributed by atoms with Crippen LogP contribution < -0.4 is 10.9 Å². The van der Waals surface area contributed by atoms with Crippen LogP contribution in [0.15, 0.2) is 45.7 Å². The Labute approximate surface area is 132 Å². The van der Waals surface area contributed by atoms with Crippen molar-refractivity contribution in [3.05, 3.63) is 68.0 Å². The first-order chi connectivity index (χ1) is 10.1. The number of benzene rings is 1. The number of aromatic amines is 1. The molecule has 110 valence electrons. The molecule has 3 nitrogen and oxygen atoms in total. The van der Waals surface area contributed by atoms with E-state index in [4.69, 9.17) is 0 Å². The number of rotatable bonds is 3. The standard InChI is InChI=1S/C17H19BrN2O/c1-11(12-5-2-3-6-14(12)18)19-15-7-4-8-16-13(15)9-10-17(21)20-16/h2-3,5-6,9-11,15,19H,4,7-8H2,1H3,(H,20,21). The molecule has 3 rings (SSSR count). The highest BCUT2D eigenvalue weighted by Gasteiger charge is 2.22. The van der Waals surface area contributed by atoms with Crippen LogP contribution in [0.25, 0.3) is 0 Å². The molecule has 1 aliphatic carbocycles. The second-order valence-electron chi connectivity index (χ2n) is 5.61. The summed E-state index contributed by atoms with van der Waals surface area (Å²) in [5, 5.41) is 3.70. The molecule has 2 unspecified atom stereocenters. The Balaban J connectivity index is 1.84. The zero-order valence-electron chi connectivity index (χ0n) is 12.0. The summed E-state index contributed by atoms with van der Waals surface area (Å²) < 4.78 is 1.13. The monoisotopic (exact) mass is 346 g/mol. The fourth-order valence-corrected chi connectivity index (χ4v) is 3.72. The molecule has 0 saturated heterocycles. The number of hydrogen-bond donors (Lipinski definition) is 2. The maximum Gasteiger partial charge on any atom is 0.248 e. The number of aryl methyl sites for hydroxylation is 1. The number of H-pyrrole nitrogens is 1. The maximum absolute atomic E-state index is 11.5. The Morgan fingerprint density at radius 2 is 2.10 bits per heavy atom. The van der Waals surface area contributed by atoms with Crippen LogP contribution in [0.3, 0.4) is 0 Å². The highest BCUT2D eigenvalue weighted by molar-refractivity contribution is 9.10. The van der Waals surface area contributed by atoms with Gasteiger partial charge in [-0.05, 0) is 43.4 Å². The Kier molecular flexibility index (Phi) is 4.27. The SMILES string of the molecule is CC(NC1CCCc2[nH]c(=O)ccc21)c1ccccc1Br. The highest BCUT2D eigenvalue weighted by Crippen LogP contribution is 2.31. The van der Waals surface area contributed by atoms with Gasteiger partial charge in [0.15, 0.2) is 0 Å². The summed E-state index contributed by atoms with van der Waals surface area (Å²) >= 11 is 3.62. The van der Waals surface area contributed by atoms with Crippen LogP contribution in [0.4, 0.5) is 0 Å². The molecule has 0 bridgehead atoms. The molecule has 1 aromatic carbocycles. The number of pyridine rings is 1. The summed E-state index contributed by atoms with van der Waals surface area (Å²) in [6.45, 7) is 2.18. The minimum Gasteiger partial charge on any atom is -0.326 e. The molecule has 1 aliphatic rings. The van der Waals surface area contributed by atoms with Crippen molar-refractivity contribution < 1.29 is 0 Å². The van der Waals surface area contributed by atoms with Crippen LogP contribution in [0.5, 0.6) is 0 Å². The van der Waals surface area contributed by atoms with Gasteiger partial charge in [0.2, 0.25) is 5.56 Å². The minimum absolute atomic E-state index is 0.00625. The van der Waals surface area contributed by atoms with Crippen molar-refractivity contribution in [3.8, 4) is 0 Å². The van der Waals surface area contributed by atoms with Gasteiger partial charge in [0, 0.05) is 28.3 Å². The second kappa shape index (κ2) is 6.16. The summed E-state index contributed by atoms with van der Waals surface area (Å²) in [5.74, 6) is 0. The third kappa shape index (κ3) is 3.11. The van der Waals surface area contributed by atoms with E-state index in [0.29, 0.717) is 6.04 Å². The predicted octanol–water partition coefficient (Wildman–Crippen LogP) is 3.87. The molecule has 2 atom stereocenters. The van der Waals surface area contributed by atoms with E-state index in [1.54, 1.807) is 6.07 Å². The van der Waals surface area contributed by atoms with Crippen molar-refractivity contribution in [2.45, 2.75) is 38.3 Å². The Morgan fingerprint density at radius 1 is 1.29 bits per heavy atom. The lowest BCUT2D eigenvalue weighted by atomic mass is 9.90. The molecular formula is C17H19BrN2O. The van der Waals surface area contributed by atoms with Crippen LogP contribution in [0, 0.1) is 0 Å². The predicted molar refractivity (Wildman–Crippen MR) is 88.4 cm³/mol. The number of aromatic nitrogens is 1. The molecule has 0 spiro atoms. The summed E-state index contributed by atoms with van der Waals surface area (Å²) in [7, 11) is 0. The Morgan fingerprint density at radius 3 is 2.90 bits per heavy atom. The molecule has 1 heterocycles. The van der Waals surface area contributed by atoms with E-state index in [-0.39, 0.29) is 11.6 Å². The number of fused-ring (bicyclic) bond motifs is 1. The largest absolute Gasteiger partial charge is 0.326 e. The van der Waals surface area contributed by atoms with E-state index in [2.05, 4.69) is 51.4 Å². The number of nitrogens with one attached hydrogen (secondary N) is 2. The topological polar surface area (TPSA) is 44.9 Å². The third-order valence-electron chi connectivity index (χ3n) is 4.15. The molecule has 4 heteroatoms. The molecule has 0 fully saturated rings. The van der Waals surface area contributed by atoms with Gasteiger partial charge < -0.3 is 10.3 Å². The molecule has 21 heavy (non-hydrogen) atoms. The van der Waals surface area contributed by atoms with Gasteiger partial charge in [0.25, 0.3) is 0 Å². The average Bonchev–Trinajstić information content (AvgIpc) is 2.47. The van der Waals surface area contributed by atoms with Gasteiger partial charge in [-0.1, -0.05) is 40.2 Å². The van der Waals surface area contributed by atoms with E-state index in [1.807, 2.05) is 12.1 Å². The van der Waals surface area contributed by atoms with Crippen molar-refractivity contribution in [1.29, 1.82) is 0 Å². The van der Waals surface area contributed by atoms with E-state index in [9.17, 15) is 4.79 Å². The molecule has 0 amide bonds. The molecular weight excluding hydrogens is 328 g/mol. The minimum atomic E-state index is -0.00625. The van der Waals surface area contributed by atoms with E-state index >= 15 is 0 Å². The van der Waals surface area contributed by atoms with Crippen LogP contribution in [-0.4, -0.2) is 4.98 Å². The molecule has 0 saturated carbocycles. The zero-order valence-corrected chi connectivity index (χ0v) is 13.6. The maximum atomic E-state index is 11.5. The Hall–Kier alpha value is -1.39. The number of hydrogen-bond acceptors (Lipinski definition) is 2. The average molecular weight is 347 g/mol. The summed E-state index contributed by atoms with van der Waals surface area (Å²) in [4.78, 5) is 14.4. The summed E-state index contributed by atoms with van der Waals surface area (Å²) in [5.41, 5.74) is 3.58. The van der Waals surface area contributed by atoms with Crippen LogP contribution in [0.2, 0.25) is 0 Å². The van der Waals surface area contributed by atoms with Gasteiger partial charge >= 0.3 is 0 Å². The van der Waals surface area contributed by atoms with Crippen LogP contribution in [-0.2, 0) is 6.42 Å². The van der Waals surface area contributed by atoms with Gasteiger partial charge in [-0.25, -0.2) is 0 Å². The van der Waals surface area contributed by atoms with Gasteiger partial charge in [-0.2, -0.15) is 0 Å². The van der Waals surface area contributed by atoms with Gasteiger partial charge in [-0.3, -0.25) is 4.79 Å². The van der Waals surface area contributed by atoms with Crippen LogP contribution in [0.1, 0.15) is 48.7 Å². The summed E-state index contributed by atoms with van der Waals surface area (Å²) in [6.07, 6.45) is 3.17. The molecule has 2 aromatic rings. The van der Waals surface area contributed by atoms with Crippen molar-refractivity contribution >= 4 is 15.9 Å². The van der Waals surface area contributed by atoms with Crippen molar-refractivity contribution in [2.75, 3.05) is 0 Å². The molecule has 0 radical (unpaired) electrons. The zero-order chi connectivity index (χ0) is 14.8. The fourth-order valence-electron chi connectivity index (χ4n) is 3.09. The smallest absolute Gasteiger partial charge is 0.248 e. The normalized spacial score (nSPS) is 19.0. The van der Waals surface area contributed by atoms with Crippen LogP contribution >= 0.6 is 15.9 Å². The van der Waals surface area contributed by atoms with Crippen molar-refractivity contribution in [2.24, 2.45) is 0 Å². The third-order valence-corrected chi connectivity index (χ3v) is 4.88.